The molecule has 5 heteroatoms. The predicted octanol–water partition coefficient (Wildman–Crippen LogP) is 2.33. The molecule has 106 valence electrons. The zero-order valence-corrected chi connectivity index (χ0v) is 12.3. The Morgan fingerprint density at radius 3 is 2.42 bits per heavy atom. The molecule has 5 nitrogen and oxygen atoms in total. The summed E-state index contributed by atoms with van der Waals surface area (Å²) in [6.07, 6.45) is 2.38. The molecule has 1 aliphatic rings. The maximum Gasteiger partial charge on any atom is 0.225 e. The Labute approximate surface area is 115 Å². The number of nitrogen functional groups attached to an aromatic ring is 1. The molecule has 2 heterocycles. The predicted molar refractivity (Wildman–Crippen MR) is 77.4 cm³/mol. The Balaban J connectivity index is 2.07. The molecule has 0 saturated carbocycles. The average Bonchev–Trinajstić information content (AvgIpc) is 2.37. The fourth-order valence-corrected chi connectivity index (χ4v) is 2.67. The number of aromatic nitrogens is 2. The first-order valence-corrected chi connectivity index (χ1v) is 6.83. The Bertz CT molecular complexity index is 434. The first kappa shape index (κ1) is 13.9. The van der Waals surface area contributed by atoms with E-state index in [1.807, 2.05) is 6.07 Å². The Hall–Kier alpha value is -1.52. The molecule has 0 radical (unpaired) electrons. The highest BCUT2D eigenvalue weighted by atomic mass is 16.5. The van der Waals surface area contributed by atoms with Crippen molar-refractivity contribution in [3.8, 4) is 5.88 Å². The molecule has 19 heavy (non-hydrogen) atoms. The highest BCUT2D eigenvalue weighted by Gasteiger charge is 2.29. The fraction of sp³-hybridized carbons (Fsp3) is 0.714. The molecule has 0 bridgehead atoms. The molecule has 2 rings (SSSR count). The van der Waals surface area contributed by atoms with Crippen LogP contribution in [0.25, 0.3) is 0 Å². The summed E-state index contributed by atoms with van der Waals surface area (Å²) in [5.74, 6) is 2.44. The lowest BCUT2D eigenvalue weighted by molar-refractivity contribution is 0.198. The van der Waals surface area contributed by atoms with Crippen molar-refractivity contribution in [3.05, 3.63) is 6.07 Å². The molecule has 0 aliphatic carbocycles. The molecule has 0 atom stereocenters. The lowest BCUT2D eigenvalue weighted by atomic mass is 9.75. The van der Waals surface area contributed by atoms with Crippen LogP contribution in [0.5, 0.6) is 5.88 Å². The van der Waals surface area contributed by atoms with E-state index in [-0.39, 0.29) is 5.95 Å². The normalized spacial score (nSPS) is 17.6. The first-order chi connectivity index (χ1) is 8.90. The zero-order valence-electron chi connectivity index (χ0n) is 12.3. The van der Waals surface area contributed by atoms with Crippen LogP contribution in [0.15, 0.2) is 6.07 Å². The van der Waals surface area contributed by atoms with E-state index < -0.39 is 0 Å². The molecular formula is C14H24N4O. The minimum atomic E-state index is 0.271. The average molecular weight is 264 g/mol. The van der Waals surface area contributed by atoms with Crippen LogP contribution in [-0.4, -0.2) is 30.2 Å². The van der Waals surface area contributed by atoms with E-state index in [0.29, 0.717) is 11.3 Å². The Morgan fingerprint density at radius 1 is 1.26 bits per heavy atom. The van der Waals surface area contributed by atoms with Gasteiger partial charge in [0, 0.05) is 19.2 Å². The van der Waals surface area contributed by atoms with E-state index in [9.17, 15) is 0 Å². The van der Waals surface area contributed by atoms with Gasteiger partial charge in [0.1, 0.15) is 5.82 Å². The van der Waals surface area contributed by atoms with E-state index in [0.717, 1.165) is 24.8 Å². The largest absolute Gasteiger partial charge is 0.481 e. The molecule has 1 aromatic rings. The van der Waals surface area contributed by atoms with Crippen molar-refractivity contribution in [1.29, 1.82) is 0 Å². The minimum absolute atomic E-state index is 0.271. The standard InChI is InChI=1S/C14H24N4O/c1-14(2,3)10-5-7-18(8-6-10)11-9-12(19-4)17-13(15)16-11/h9-10H,5-8H2,1-4H3,(H2,15,16,17). The van der Waals surface area contributed by atoms with Gasteiger partial charge in [-0.25, -0.2) is 0 Å². The number of rotatable bonds is 2. The van der Waals surface area contributed by atoms with Crippen molar-refractivity contribution in [2.75, 3.05) is 30.8 Å². The molecule has 2 N–H and O–H groups in total. The molecule has 0 spiro atoms. The summed E-state index contributed by atoms with van der Waals surface area (Å²) in [6, 6.07) is 1.85. The lowest BCUT2D eigenvalue weighted by Gasteiger charge is -2.39. The quantitative estimate of drug-likeness (QED) is 0.888. The van der Waals surface area contributed by atoms with Crippen LogP contribution in [-0.2, 0) is 0 Å². The van der Waals surface area contributed by atoms with Crippen molar-refractivity contribution in [2.45, 2.75) is 33.6 Å². The molecule has 1 aliphatic heterocycles. The summed E-state index contributed by atoms with van der Waals surface area (Å²) < 4.78 is 5.14. The number of hydrogen-bond donors (Lipinski definition) is 1. The van der Waals surface area contributed by atoms with Gasteiger partial charge in [-0.05, 0) is 24.2 Å². The highest BCUT2D eigenvalue weighted by Crippen LogP contribution is 2.35. The monoisotopic (exact) mass is 264 g/mol. The number of hydrogen-bond acceptors (Lipinski definition) is 5. The molecule has 1 saturated heterocycles. The number of nitrogens with zero attached hydrogens (tertiary/aromatic N) is 3. The van der Waals surface area contributed by atoms with E-state index in [4.69, 9.17) is 10.5 Å². The van der Waals surface area contributed by atoms with Crippen molar-refractivity contribution >= 4 is 11.8 Å². The van der Waals surface area contributed by atoms with E-state index in [1.165, 1.54) is 12.8 Å². The molecular weight excluding hydrogens is 240 g/mol. The summed E-state index contributed by atoms with van der Waals surface area (Å²) in [7, 11) is 1.59. The van der Waals surface area contributed by atoms with Gasteiger partial charge in [-0.15, -0.1) is 0 Å². The maximum atomic E-state index is 5.71. The molecule has 0 amide bonds. The van der Waals surface area contributed by atoms with Crippen LogP contribution >= 0.6 is 0 Å². The van der Waals surface area contributed by atoms with Crippen LogP contribution in [0.4, 0.5) is 11.8 Å². The summed E-state index contributed by atoms with van der Waals surface area (Å²) in [5, 5.41) is 0. The number of piperidine rings is 1. The van der Waals surface area contributed by atoms with Gasteiger partial charge < -0.3 is 15.4 Å². The topological polar surface area (TPSA) is 64.3 Å². The van der Waals surface area contributed by atoms with Gasteiger partial charge in [0.25, 0.3) is 0 Å². The van der Waals surface area contributed by atoms with E-state index in [2.05, 4.69) is 35.6 Å². The van der Waals surface area contributed by atoms with Gasteiger partial charge in [-0.2, -0.15) is 9.97 Å². The highest BCUT2D eigenvalue weighted by molar-refractivity contribution is 5.45. The number of ether oxygens (including phenoxy) is 1. The Kier molecular flexibility index (Phi) is 3.83. The summed E-state index contributed by atoms with van der Waals surface area (Å²) in [5.41, 5.74) is 6.09. The summed E-state index contributed by atoms with van der Waals surface area (Å²) >= 11 is 0. The van der Waals surface area contributed by atoms with Crippen LogP contribution < -0.4 is 15.4 Å². The zero-order chi connectivity index (χ0) is 14.0. The molecule has 1 fully saturated rings. The fourth-order valence-electron chi connectivity index (χ4n) is 2.67. The van der Waals surface area contributed by atoms with Crippen molar-refractivity contribution < 1.29 is 4.74 Å². The van der Waals surface area contributed by atoms with Gasteiger partial charge >= 0.3 is 0 Å². The van der Waals surface area contributed by atoms with Crippen molar-refractivity contribution in [1.82, 2.24) is 9.97 Å². The molecule has 0 unspecified atom stereocenters. The number of nitrogens with two attached hydrogens (primary N) is 1. The van der Waals surface area contributed by atoms with Crippen molar-refractivity contribution in [3.63, 3.8) is 0 Å². The lowest BCUT2D eigenvalue weighted by Crippen LogP contribution is -2.38. The van der Waals surface area contributed by atoms with E-state index >= 15 is 0 Å². The number of anilines is 2. The maximum absolute atomic E-state index is 5.71. The minimum Gasteiger partial charge on any atom is -0.481 e. The Morgan fingerprint density at radius 2 is 1.89 bits per heavy atom. The summed E-state index contributed by atoms with van der Waals surface area (Å²) in [6.45, 7) is 8.99. The SMILES string of the molecule is COc1cc(N2CCC(C(C)(C)C)CC2)nc(N)n1. The third-order valence-electron chi connectivity index (χ3n) is 3.96. The second kappa shape index (κ2) is 5.23. The van der Waals surface area contributed by atoms with Crippen LogP contribution in [0.2, 0.25) is 0 Å². The van der Waals surface area contributed by atoms with Crippen LogP contribution in [0.3, 0.4) is 0 Å². The van der Waals surface area contributed by atoms with Crippen molar-refractivity contribution in [2.24, 2.45) is 11.3 Å². The van der Waals surface area contributed by atoms with Gasteiger partial charge in [-0.3, -0.25) is 0 Å². The van der Waals surface area contributed by atoms with Gasteiger partial charge in [0.2, 0.25) is 11.8 Å². The van der Waals surface area contributed by atoms with Gasteiger partial charge in [0.05, 0.1) is 7.11 Å². The van der Waals surface area contributed by atoms with E-state index in [1.54, 1.807) is 7.11 Å². The third-order valence-corrected chi connectivity index (χ3v) is 3.96. The summed E-state index contributed by atoms with van der Waals surface area (Å²) in [4.78, 5) is 10.6. The smallest absolute Gasteiger partial charge is 0.225 e. The van der Waals surface area contributed by atoms with Gasteiger partial charge in [0.15, 0.2) is 0 Å². The number of methoxy groups -OCH3 is 1. The van der Waals surface area contributed by atoms with Crippen LogP contribution in [0, 0.1) is 11.3 Å². The van der Waals surface area contributed by atoms with Crippen LogP contribution in [0.1, 0.15) is 33.6 Å². The first-order valence-electron chi connectivity index (χ1n) is 6.83. The second-order valence-electron chi connectivity index (χ2n) is 6.25. The van der Waals surface area contributed by atoms with Gasteiger partial charge in [-0.1, -0.05) is 20.8 Å². The second-order valence-corrected chi connectivity index (χ2v) is 6.25. The third kappa shape index (κ3) is 3.28. The molecule has 0 aromatic carbocycles. The molecule has 1 aromatic heterocycles.